The molecular weight excluding hydrogens is 261 g/mol. The van der Waals surface area contributed by atoms with Gasteiger partial charge >= 0.3 is 5.97 Å². The van der Waals surface area contributed by atoms with Gasteiger partial charge in [-0.05, 0) is 49.3 Å². The van der Waals surface area contributed by atoms with Crippen LogP contribution in [0.5, 0.6) is 0 Å². The van der Waals surface area contributed by atoms with Gasteiger partial charge in [0.15, 0.2) is 0 Å². The number of rotatable bonds is 3. The zero-order valence-corrected chi connectivity index (χ0v) is 10.9. The molecule has 2 fully saturated rings. The largest absolute Gasteiger partial charge is 0.478 e. The second-order valence-electron chi connectivity index (χ2n) is 5.77. The summed E-state index contributed by atoms with van der Waals surface area (Å²) in [7, 11) is 0. The molecule has 1 aromatic carbocycles. The van der Waals surface area contributed by atoms with Gasteiger partial charge in [0.2, 0.25) is 5.91 Å². The first-order valence-corrected chi connectivity index (χ1v) is 6.88. The van der Waals surface area contributed by atoms with E-state index < -0.39 is 11.8 Å². The molecule has 1 aromatic rings. The van der Waals surface area contributed by atoms with Crippen LogP contribution in [0.3, 0.4) is 0 Å². The summed E-state index contributed by atoms with van der Waals surface area (Å²) in [4.78, 5) is 23.4. The van der Waals surface area contributed by atoms with Gasteiger partial charge < -0.3 is 10.4 Å². The van der Waals surface area contributed by atoms with Crippen LogP contribution in [0.2, 0.25) is 0 Å². The van der Waals surface area contributed by atoms with Crippen LogP contribution < -0.4 is 5.32 Å². The standard InChI is InChI=1S/C15H16FNO3/c16-10-3-4-11(15(19)20)13(7-10)17-14(18)12-6-8-1-2-9(12)5-8/h3-4,7-9,12H,1-2,5-6H2,(H,17,18)(H,19,20). The number of halogens is 1. The average molecular weight is 277 g/mol. The van der Waals surface area contributed by atoms with Gasteiger partial charge in [-0.15, -0.1) is 0 Å². The van der Waals surface area contributed by atoms with Crippen molar-refractivity contribution >= 4 is 17.6 Å². The highest BCUT2D eigenvalue weighted by molar-refractivity contribution is 6.01. The minimum Gasteiger partial charge on any atom is -0.478 e. The summed E-state index contributed by atoms with van der Waals surface area (Å²) in [5, 5.41) is 11.7. The van der Waals surface area contributed by atoms with E-state index in [0.29, 0.717) is 11.8 Å². The zero-order valence-electron chi connectivity index (χ0n) is 10.9. The van der Waals surface area contributed by atoms with Gasteiger partial charge in [0.05, 0.1) is 11.3 Å². The number of fused-ring (bicyclic) bond motifs is 2. The summed E-state index contributed by atoms with van der Waals surface area (Å²) in [6, 6.07) is 3.32. The molecule has 0 saturated heterocycles. The minimum atomic E-state index is -1.17. The SMILES string of the molecule is O=C(O)c1ccc(F)cc1NC(=O)C1CC2CCC1C2. The fourth-order valence-corrected chi connectivity index (χ4v) is 3.60. The van der Waals surface area contributed by atoms with Gasteiger partial charge in [0, 0.05) is 5.92 Å². The van der Waals surface area contributed by atoms with Gasteiger partial charge in [-0.3, -0.25) is 4.79 Å². The Hall–Kier alpha value is -1.91. The number of hydrogen-bond donors (Lipinski definition) is 2. The minimum absolute atomic E-state index is 0.0465. The number of carbonyl (C=O) groups excluding carboxylic acids is 1. The number of benzene rings is 1. The predicted molar refractivity (Wildman–Crippen MR) is 70.9 cm³/mol. The van der Waals surface area contributed by atoms with E-state index in [2.05, 4.69) is 5.32 Å². The Kier molecular flexibility index (Phi) is 3.20. The topological polar surface area (TPSA) is 66.4 Å². The van der Waals surface area contributed by atoms with Crippen LogP contribution in [-0.2, 0) is 4.79 Å². The number of anilines is 1. The van der Waals surface area contributed by atoms with Gasteiger partial charge in [-0.25, -0.2) is 9.18 Å². The molecule has 0 aromatic heterocycles. The van der Waals surface area contributed by atoms with Crippen molar-refractivity contribution in [3.63, 3.8) is 0 Å². The maximum absolute atomic E-state index is 13.2. The molecule has 2 N–H and O–H groups in total. The van der Waals surface area contributed by atoms with Gasteiger partial charge in [0.1, 0.15) is 5.82 Å². The molecule has 0 aliphatic heterocycles. The van der Waals surface area contributed by atoms with Gasteiger partial charge in [-0.1, -0.05) is 6.42 Å². The zero-order chi connectivity index (χ0) is 14.3. The molecule has 106 valence electrons. The highest BCUT2D eigenvalue weighted by Gasteiger charge is 2.43. The van der Waals surface area contributed by atoms with E-state index in [1.165, 1.54) is 12.5 Å². The van der Waals surface area contributed by atoms with Crippen molar-refractivity contribution in [2.45, 2.75) is 25.7 Å². The van der Waals surface area contributed by atoms with Gasteiger partial charge in [-0.2, -0.15) is 0 Å². The predicted octanol–water partition coefficient (Wildman–Crippen LogP) is 2.90. The molecule has 3 rings (SSSR count). The fourth-order valence-electron chi connectivity index (χ4n) is 3.60. The average Bonchev–Trinajstić information content (AvgIpc) is 3.00. The Bertz CT molecular complexity index is 572. The molecule has 0 radical (unpaired) electrons. The summed E-state index contributed by atoms with van der Waals surface area (Å²) >= 11 is 0. The quantitative estimate of drug-likeness (QED) is 0.892. The lowest BCUT2D eigenvalue weighted by Gasteiger charge is -2.21. The van der Waals surface area contributed by atoms with Crippen molar-refractivity contribution in [2.24, 2.45) is 17.8 Å². The van der Waals surface area contributed by atoms with Crippen molar-refractivity contribution in [2.75, 3.05) is 5.32 Å². The molecule has 0 heterocycles. The summed E-state index contributed by atoms with van der Waals surface area (Å²) in [5.74, 6) is -0.931. The maximum Gasteiger partial charge on any atom is 0.337 e. The first kappa shape index (κ1) is 13.1. The lowest BCUT2D eigenvalue weighted by atomic mass is 9.88. The number of carbonyl (C=O) groups is 2. The molecule has 20 heavy (non-hydrogen) atoms. The molecule has 5 heteroatoms. The lowest BCUT2D eigenvalue weighted by Crippen LogP contribution is -2.28. The number of carboxylic acids is 1. The summed E-state index contributed by atoms with van der Waals surface area (Å²) in [5.41, 5.74) is -0.0341. The van der Waals surface area contributed by atoms with Crippen LogP contribution in [0.1, 0.15) is 36.0 Å². The Balaban J connectivity index is 1.79. The summed E-state index contributed by atoms with van der Waals surface area (Å²) < 4.78 is 13.2. The molecule has 4 nitrogen and oxygen atoms in total. The normalized spacial score (nSPS) is 27.6. The van der Waals surface area contributed by atoms with E-state index in [0.717, 1.165) is 31.4 Å². The van der Waals surface area contributed by atoms with Crippen LogP contribution in [-0.4, -0.2) is 17.0 Å². The molecule has 2 saturated carbocycles. The van der Waals surface area contributed by atoms with Crippen LogP contribution in [0.25, 0.3) is 0 Å². The lowest BCUT2D eigenvalue weighted by molar-refractivity contribution is -0.121. The maximum atomic E-state index is 13.2. The first-order valence-electron chi connectivity index (χ1n) is 6.88. The fraction of sp³-hybridized carbons (Fsp3) is 0.467. The second kappa shape index (κ2) is 4.89. The molecule has 0 spiro atoms. The van der Waals surface area contributed by atoms with Crippen LogP contribution in [0.15, 0.2) is 18.2 Å². The molecular formula is C15H16FNO3. The summed E-state index contributed by atoms with van der Waals surface area (Å²) in [6.07, 6.45) is 4.22. The number of hydrogen-bond acceptors (Lipinski definition) is 2. The molecule has 2 aliphatic carbocycles. The van der Waals surface area contributed by atoms with Crippen LogP contribution in [0.4, 0.5) is 10.1 Å². The monoisotopic (exact) mass is 277 g/mol. The van der Waals surface area contributed by atoms with Crippen molar-refractivity contribution in [3.05, 3.63) is 29.6 Å². The molecule has 3 unspecified atom stereocenters. The van der Waals surface area contributed by atoms with E-state index >= 15 is 0 Å². The number of carboxylic acid groups (broad SMARTS) is 1. The third-order valence-electron chi connectivity index (χ3n) is 4.54. The highest BCUT2D eigenvalue weighted by atomic mass is 19.1. The van der Waals surface area contributed by atoms with E-state index in [1.54, 1.807) is 0 Å². The molecule has 3 atom stereocenters. The van der Waals surface area contributed by atoms with E-state index in [4.69, 9.17) is 5.11 Å². The Morgan fingerprint density at radius 3 is 2.65 bits per heavy atom. The summed E-state index contributed by atoms with van der Waals surface area (Å²) in [6.45, 7) is 0. The third kappa shape index (κ3) is 2.28. The Morgan fingerprint density at radius 2 is 2.05 bits per heavy atom. The molecule has 2 bridgehead atoms. The number of nitrogens with one attached hydrogen (secondary N) is 1. The van der Waals surface area contributed by atoms with Crippen LogP contribution >= 0.6 is 0 Å². The second-order valence-corrected chi connectivity index (χ2v) is 5.77. The van der Waals surface area contributed by atoms with Gasteiger partial charge in [0.25, 0.3) is 0 Å². The Labute approximate surface area is 116 Å². The van der Waals surface area contributed by atoms with Crippen molar-refractivity contribution in [3.8, 4) is 0 Å². The third-order valence-corrected chi connectivity index (χ3v) is 4.54. The molecule has 1 amide bonds. The van der Waals surface area contributed by atoms with E-state index in [9.17, 15) is 14.0 Å². The van der Waals surface area contributed by atoms with Crippen LogP contribution in [0, 0.1) is 23.6 Å². The van der Waals surface area contributed by atoms with Crippen molar-refractivity contribution < 1.29 is 19.1 Å². The Morgan fingerprint density at radius 1 is 1.25 bits per heavy atom. The first-order chi connectivity index (χ1) is 9.54. The smallest absolute Gasteiger partial charge is 0.337 e. The van der Waals surface area contributed by atoms with Crippen molar-refractivity contribution in [1.29, 1.82) is 0 Å². The van der Waals surface area contributed by atoms with E-state index in [-0.39, 0.29) is 23.1 Å². The highest BCUT2D eigenvalue weighted by Crippen LogP contribution is 2.48. The number of aromatic carboxylic acids is 1. The molecule has 2 aliphatic rings. The van der Waals surface area contributed by atoms with Crippen molar-refractivity contribution in [1.82, 2.24) is 0 Å². The number of amides is 1. The van der Waals surface area contributed by atoms with E-state index in [1.807, 2.05) is 0 Å².